The van der Waals surface area contributed by atoms with E-state index in [1.807, 2.05) is 41.1 Å². The van der Waals surface area contributed by atoms with E-state index in [2.05, 4.69) is 14.1 Å². The molecule has 2 heterocycles. The quantitative estimate of drug-likeness (QED) is 0.878. The predicted octanol–water partition coefficient (Wildman–Crippen LogP) is 1.43. The van der Waals surface area contributed by atoms with E-state index < -0.39 is 6.10 Å². The fourth-order valence-electron chi connectivity index (χ4n) is 2.64. The maximum absolute atomic E-state index is 12.9. The lowest BCUT2D eigenvalue weighted by Gasteiger charge is -2.25. The summed E-state index contributed by atoms with van der Waals surface area (Å²) in [6, 6.07) is 9.91. The standard InChI is InChI=1S/C17H20N2O2S2/c1-18(2)8-9-19-13-5-3-4-6-14(13)23-16(15(20)17(19)21)12-7-10-22-11-12/h3-7,10-11,15-16,20H,8-9H2,1-2H3/p+1/t15-,16+/m1/s1. The van der Waals surface area contributed by atoms with E-state index in [1.54, 1.807) is 28.0 Å². The SMILES string of the molecule is C[NH+](C)CCN1C(=O)[C@H](O)[C@H](c2ccsc2)Sc2ccccc21. The maximum atomic E-state index is 12.9. The molecule has 0 radical (unpaired) electrons. The monoisotopic (exact) mass is 349 g/mol. The summed E-state index contributed by atoms with van der Waals surface area (Å²) in [6.45, 7) is 1.44. The van der Waals surface area contributed by atoms with Crippen LogP contribution in [0.15, 0.2) is 46.0 Å². The highest BCUT2D eigenvalue weighted by Gasteiger charge is 2.37. The normalized spacial score (nSPS) is 21.4. The third kappa shape index (κ3) is 3.45. The molecule has 4 nitrogen and oxygen atoms in total. The highest BCUT2D eigenvalue weighted by Crippen LogP contribution is 2.45. The molecular weight excluding hydrogens is 328 g/mol. The molecule has 1 aliphatic heterocycles. The van der Waals surface area contributed by atoms with Crippen LogP contribution in [0.25, 0.3) is 0 Å². The van der Waals surface area contributed by atoms with Crippen molar-refractivity contribution >= 4 is 34.7 Å². The van der Waals surface area contributed by atoms with E-state index in [4.69, 9.17) is 0 Å². The molecule has 0 saturated heterocycles. The van der Waals surface area contributed by atoms with Gasteiger partial charge in [0.1, 0.15) is 6.10 Å². The number of para-hydroxylation sites is 1. The smallest absolute Gasteiger partial charge is 0.257 e. The van der Waals surface area contributed by atoms with Crippen LogP contribution in [0.1, 0.15) is 10.8 Å². The number of thiophene rings is 1. The Hall–Kier alpha value is -1.34. The zero-order valence-corrected chi connectivity index (χ0v) is 14.9. The van der Waals surface area contributed by atoms with Crippen molar-refractivity contribution in [3.05, 3.63) is 46.7 Å². The van der Waals surface area contributed by atoms with Gasteiger partial charge in [-0.1, -0.05) is 12.1 Å². The second kappa shape index (κ2) is 7.05. The molecule has 6 heteroatoms. The van der Waals surface area contributed by atoms with Crippen molar-refractivity contribution in [3.8, 4) is 0 Å². The zero-order valence-electron chi connectivity index (χ0n) is 13.2. The van der Waals surface area contributed by atoms with Gasteiger partial charge in [0.2, 0.25) is 0 Å². The van der Waals surface area contributed by atoms with Gasteiger partial charge in [-0.2, -0.15) is 11.3 Å². The van der Waals surface area contributed by atoms with Gasteiger partial charge in [-0.05, 0) is 34.5 Å². The fraction of sp³-hybridized carbons (Fsp3) is 0.353. The summed E-state index contributed by atoms with van der Waals surface area (Å²) in [5.74, 6) is -0.208. The maximum Gasteiger partial charge on any atom is 0.257 e. The van der Waals surface area contributed by atoms with Crippen molar-refractivity contribution in [2.75, 3.05) is 32.1 Å². The number of thioether (sulfide) groups is 1. The van der Waals surface area contributed by atoms with E-state index in [1.165, 1.54) is 4.90 Å². The number of quaternary nitrogens is 1. The Labute approximate surface area is 144 Å². The fourth-order valence-corrected chi connectivity index (χ4v) is 4.68. The van der Waals surface area contributed by atoms with Gasteiger partial charge in [-0.3, -0.25) is 4.79 Å². The van der Waals surface area contributed by atoms with Gasteiger partial charge in [0.25, 0.3) is 5.91 Å². The first-order valence-corrected chi connectivity index (χ1v) is 9.46. The molecule has 2 aromatic rings. The second-order valence-corrected chi connectivity index (χ2v) is 7.92. The van der Waals surface area contributed by atoms with E-state index in [0.717, 1.165) is 22.7 Å². The minimum atomic E-state index is -1.03. The molecule has 0 bridgehead atoms. The van der Waals surface area contributed by atoms with Crippen LogP contribution in [-0.2, 0) is 4.79 Å². The molecule has 1 amide bonds. The summed E-state index contributed by atoms with van der Waals surface area (Å²) in [5, 5.41) is 14.4. The van der Waals surface area contributed by atoms with E-state index >= 15 is 0 Å². The molecule has 1 aromatic heterocycles. The summed E-state index contributed by atoms with van der Waals surface area (Å²) < 4.78 is 0. The summed E-state index contributed by atoms with van der Waals surface area (Å²) in [5.41, 5.74) is 1.91. The molecule has 0 unspecified atom stereocenters. The molecule has 1 aliphatic rings. The molecule has 0 spiro atoms. The molecule has 3 rings (SSSR count). The minimum absolute atomic E-state index is 0.208. The number of likely N-dealkylation sites (N-methyl/N-ethyl adjacent to an activating group) is 1. The number of hydrogen-bond acceptors (Lipinski definition) is 4. The number of nitrogens with zero attached hydrogens (tertiary/aromatic N) is 1. The van der Waals surface area contributed by atoms with E-state index in [9.17, 15) is 9.90 Å². The van der Waals surface area contributed by atoms with Crippen LogP contribution >= 0.6 is 23.1 Å². The van der Waals surface area contributed by atoms with Crippen LogP contribution < -0.4 is 9.80 Å². The van der Waals surface area contributed by atoms with Gasteiger partial charge >= 0.3 is 0 Å². The largest absolute Gasteiger partial charge is 0.382 e. The van der Waals surface area contributed by atoms with Crippen molar-refractivity contribution in [1.29, 1.82) is 0 Å². The highest BCUT2D eigenvalue weighted by molar-refractivity contribution is 7.99. The van der Waals surface area contributed by atoms with Gasteiger partial charge in [0.05, 0.1) is 38.1 Å². The lowest BCUT2D eigenvalue weighted by molar-refractivity contribution is -0.856. The summed E-state index contributed by atoms with van der Waals surface area (Å²) in [6.07, 6.45) is -1.03. The molecule has 0 saturated carbocycles. The molecule has 2 atom stereocenters. The Morgan fingerprint density at radius 3 is 2.74 bits per heavy atom. The molecular formula is C17H21N2O2S2+. The predicted molar refractivity (Wildman–Crippen MR) is 95.4 cm³/mol. The van der Waals surface area contributed by atoms with Gasteiger partial charge in [-0.25, -0.2) is 0 Å². The number of aliphatic hydroxyl groups is 1. The Morgan fingerprint density at radius 2 is 2.04 bits per heavy atom. The first kappa shape index (κ1) is 16.5. The van der Waals surface area contributed by atoms with Crippen molar-refractivity contribution in [2.24, 2.45) is 0 Å². The Bertz CT molecular complexity index is 673. The average molecular weight is 350 g/mol. The number of hydrogen-bond donors (Lipinski definition) is 2. The van der Waals surface area contributed by atoms with Crippen LogP contribution in [0.2, 0.25) is 0 Å². The lowest BCUT2D eigenvalue weighted by atomic mass is 10.1. The molecule has 1 aromatic carbocycles. The van der Waals surface area contributed by atoms with Crippen molar-refractivity contribution in [1.82, 2.24) is 0 Å². The number of rotatable bonds is 4. The molecule has 0 aliphatic carbocycles. The van der Waals surface area contributed by atoms with Gasteiger partial charge in [0.15, 0.2) is 0 Å². The van der Waals surface area contributed by atoms with Gasteiger partial charge in [-0.15, -0.1) is 11.8 Å². The van der Waals surface area contributed by atoms with Crippen LogP contribution in [0.4, 0.5) is 5.69 Å². The number of nitrogens with one attached hydrogen (secondary N) is 1. The number of benzene rings is 1. The van der Waals surface area contributed by atoms with Crippen LogP contribution in [0.5, 0.6) is 0 Å². The number of anilines is 1. The summed E-state index contributed by atoms with van der Waals surface area (Å²) in [7, 11) is 4.13. The number of fused-ring (bicyclic) bond motifs is 1. The summed E-state index contributed by atoms with van der Waals surface area (Å²) in [4.78, 5) is 16.9. The number of carbonyl (C=O) groups is 1. The molecule has 0 fully saturated rings. The number of carbonyl (C=O) groups excluding carboxylic acids is 1. The summed E-state index contributed by atoms with van der Waals surface area (Å²) >= 11 is 3.16. The highest BCUT2D eigenvalue weighted by atomic mass is 32.2. The minimum Gasteiger partial charge on any atom is -0.382 e. The third-order valence-corrected chi connectivity index (χ3v) is 6.01. The Kier molecular flexibility index (Phi) is 5.06. The van der Waals surface area contributed by atoms with Crippen LogP contribution in [0, 0.1) is 0 Å². The number of amides is 1. The zero-order chi connectivity index (χ0) is 16.4. The van der Waals surface area contributed by atoms with Crippen molar-refractivity contribution in [2.45, 2.75) is 16.2 Å². The lowest BCUT2D eigenvalue weighted by Crippen LogP contribution is -3.06. The van der Waals surface area contributed by atoms with Crippen molar-refractivity contribution < 1.29 is 14.8 Å². The van der Waals surface area contributed by atoms with Gasteiger partial charge in [0, 0.05) is 4.90 Å². The van der Waals surface area contributed by atoms with Gasteiger partial charge < -0.3 is 14.9 Å². The molecule has 2 N–H and O–H groups in total. The van der Waals surface area contributed by atoms with Crippen molar-refractivity contribution in [3.63, 3.8) is 0 Å². The molecule has 122 valence electrons. The van der Waals surface area contributed by atoms with Crippen LogP contribution in [0.3, 0.4) is 0 Å². The average Bonchev–Trinajstić information content (AvgIpc) is 3.03. The third-order valence-electron chi connectivity index (χ3n) is 3.92. The first-order valence-electron chi connectivity index (χ1n) is 7.64. The van der Waals surface area contributed by atoms with E-state index in [0.29, 0.717) is 6.54 Å². The Morgan fingerprint density at radius 1 is 1.26 bits per heavy atom. The first-order chi connectivity index (χ1) is 11.1. The molecule has 23 heavy (non-hydrogen) atoms. The second-order valence-electron chi connectivity index (χ2n) is 5.95. The van der Waals surface area contributed by atoms with E-state index in [-0.39, 0.29) is 11.2 Å². The Balaban J connectivity index is 1.99. The number of aliphatic hydroxyl groups excluding tert-OH is 1. The topological polar surface area (TPSA) is 45.0 Å². The van der Waals surface area contributed by atoms with Crippen LogP contribution in [-0.4, -0.2) is 44.3 Å².